The van der Waals surface area contributed by atoms with Crippen molar-refractivity contribution in [2.75, 3.05) is 6.61 Å². The van der Waals surface area contributed by atoms with Crippen LogP contribution in [0.15, 0.2) is 37.0 Å². The van der Waals surface area contributed by atoms with Crippen LogP contribution in [0.4, 0.5) is 0 Å². The number of hydrogen-bond acceptors (Lipinski definition) is 9. The SMILES string of the molecule is C=CC[C@@H]1O[C@@H]2[C@H]3O[C@@H]4C[C@@](CC[C@H]5CC(=C)C(CC[C@H]6C[C@@H](C)C(=C)[C@@H](CC7OC(C[C@H](O)CO)[C@H](C)[C@H]7CC)O6)O5)(O[C@H]24)O[C@H]3[C@H]1C. The Kier molecular flexibility index (Phi) is 10.9. The normalized spacial score (nSPS) is 49.5. The van der Waals surface area contributed by atoms with Gasteiger partial charge in [0.25, 0.3) is 0 Å². The number of aliphatic hydroxyl groups is 2. The lowest BCUT2D eigenvalue weighted by atomic mass is 9.80. The first kappa shape index (κ1) is 36.2. The lowest BCUT2D eigenvalue weighted by Crippen LogP contribution is -2.54. The van der Waals surface area contributed by atoms with E-state index in [4.69, 9.17) is 33.2 Å². The van der Waals surface area contributed by atoms with Gasteiger partial charge in [-0.15, -0.1) is 6.58 Å². The van der Waals surface area contributed by atoms with Crippen molar-refractivity contribution in [3.05, 3.63) is 37.0 Å². The van der Waals surface area contributed by atoms with Crippen molar-refractivity contribution < 1.29 is 43.4 Å². The molecule has 8 heterocycles. The van der Waals surface area contributed by atoms with Crippen LogP contribution >= 0.6 is 0 Å². The maximum Gasteiger partial charge on any atom is 0.172 e. The minimum Gasteiger partial charge on any atom is -0.394 e. The zero-order valence-electron chi connectivity index (χ0n) is 30.3. The molecule has 8 aliphatic heterocycles. The maximum absolute atomic E-state index is 10.1. The molecule has 0 aliphatic carbocycles. The average Bonchev–Trinajstić information content (AvgIpc) is 3.74. The molecule has 8 rings (SSSR count). The van der Waals surface area contributed by atoms with Gasteiger partial charge in [-0.05, 0) is 67.4 Å². The standard InChI is InChI=1S/C40H62O9/c1-8-10-31-25(7)36-38-39(46-31)37-35(47-38)19-40(48-36,49-37)14-13-28-16-22(4)30(43-28)12-11-27-15-21(3)23(5)33(44-27)18-34-29(9-2)24(6)32(45-34)17-26(42)20-41/h8,21,24-39,41-42H,1,4-5,9-20H2,2-3,6-7H3/t21-,24-,25+,26+,27+,28+,29-,30?,31+,32?,33-,34?,35-,36+,37+,38+,39+,40-/m1/s1. The molecule has 0 aromatic carbocycles. The van der Waals surface area contributed by atoms with Crippen LogP contribution in [0, 0.1) is 23.7 Å². The maximum atomic E-state index is 10.1. The number of aliphatic hydroxyl groups excluding tert-OH is 2. The Morgan fingerprint density at radius 2 is 1.61 bits per heavy atom. The molecule has 18 atom stereocenters. The van der Waals surface area contributed by atoms with Crippen LogP contribution in [0.3, 0.4) is 0 Å². The summed E-state index contributed by atoms with van der Waals surface area (Å²) in [6.45, 7) is 21.5. The van der Waals surface area contributed by atoms with Crippen molar-refractivity contribution in [1.29, 1.82) is 0 Å². The van der Waals surface area contributed by atoms with Crippen molar-refractivity contribution in [2.45, 2.75) is 183 Å². The highest BCUT2D eigenvalue weighted by Crippen LogP contribution is 2.54. The van der Waals surface area contributed by atoms with Crippen LogP contribution in [-0.4, -0.2) is 102 Å². The molecule has 0 amide bonds. The fourth-order valence-corrected chi connectivity index (χ4v) is 10.4. The molecular weight excluding hydrogens is 624 g/mol. The van der Waals surface area contributed by atoms with E-state index >= 15 is 0 Å². The number of hydrogen-bond donors (Lipinski definition) is 2. The van der Waals surface area contributed by atoms with Crippen molar-refractivity contribution in [1.82, 2.24) is 0 Å². The molecule has 0 radical (unpaired) electrons. The second kappa shape index (κ2) is 14.7. The van der Waals surface area contributed by atoms with E-state index < -0.39 is 11.9 Å². The molecule has 8 saturated heterocycles. The fraction of sp³-hybridized carbons (Fsp3) is 0.850. The molecule has 49 heavy (non-hydrogen) atoms. The van der Waals surface area contributed by atoms with Gasteiger partial charge in [0.15, 0.2) is 5.79 Å². The summed E-state index contributed by atoms with van der Waals surface area (Å²) in [4.78, 5) is 0. The van der Waals surface area contributed by atoms with Gasteiger partial charge in [0.2, 0.25) is 0 Å². The molecule has 3 unspecified atom stereocenters. The summed E-state index contributed by atoms with van der Waals surface area (Å²) < 4.78 is 46.5. The third kappa shape index (κ3) is 7.03. The first-order valence-corrected chi connectivity index (χ1v) is 19.4. The molecule has 0 aromatic rings. The minimum atomic E-state index is -0.747. The second-order valence-electron chi connectivity index (χ2n) is 16.6. The van der Waals surface area contributed by atoms with E-state index in [1.54, 1.807) is 0 Å². The topological polar surface area (TPSA) is 105 Å². The molecule has 0 spiro atoms. The van der Waals surface area contributed by atoms with E-state index in [-0.39, 0.29) is 85.8 Å². The first-order chi connectivity index (χ1) is 23.5. The summed E-state index contributed by atoms with van der Waals surface area (Å²) in [5, 5.41) is 19.5. The van der Waals surface area contributed by atoms with E-state index in [0.717, 1.165) is 69.8 Å². The Hall–Kier alpha value is -1.14. The van der Waals surface area contributed by atoms with Gasteiger partial charge in [-0.25, -0.2) is 0 Å². The zero-order valence-corrected chi connectivity index (χ0v) is 30.3. The summed E-state index contributed by atoms with van der Waals surface area (Å²) in [6, 6.07) is 0. The summed E-state index contributed by atoms with van der Waals surface area (Å²) >= 11 is 0. The van der Waals surface area contributed by atoms with Crippen molar-refractivity contribution in [3.8, 4) is 0 Å². The van der Waals surface area contributed by atoms with E-state index in [0.29, 0.717) is 24.2 Å². The van der Waals surface area contributed by atoms with Crippen LogP contribution in [0.2, 0.25) is 0 Å². The van der Waals surface area contributed by atoms with Gasteiger partial charge in [-0.1, -0.05) is 53.3 Å². The predicted molar refractivity (Wildman–Crippen MR) is 185 cm³/mol. The Bertz CT molecular complexity index is 1210. The summed E-state index contributed by atoms with van der Waals surface area (Å²) in [5.41, 5.74) is 2.33. The van der Waals surface area contributed by atoms with Crippen molar-refractivity contribution in [3.63, 3.8) is 0 Å². The van der Waals surface area contributed by atoms with Crippen LogP contribution in [0.1, 0.15) is 98.3 Å². The second-order valence-corrected chi connectivity index (χ2v) is 16.6. The summed E-state index contributed by atoms with van der Waals surface area (Å²) in [5.74, 6) is 0.644. The van der Waals surface area contributed by atoms with Crippen LogP contribution in [0.25, 0.3) is 0 Å². The molecule has 9 heteroatoms. The third-order valence-corrected chi connectivity index (χ3v) is 13.4. The molecule has 8 fully saturated rings. The first-order valence-electron chi connectivity index (χ1n) is 19.4. The van der Waals surface area contributed by atoms with Gasteiger partial charge in [0.1, 0.15) is 18.3 Å². The summed E-state index contributed by atoms with van der Waals surface area (Å²) in [6.07, 6.45) is 10.3. The smallest absolute Gasteiger partial charge is 0.172 e. The number of rotatable bonds is 14. The van der Waals surface area contributed by atoms with Gasteiger partial charge in [-0.2, -0.15) is 0 Å². The Balaban J connectivity index is 0.908. The van der Waals surface area contributed by atoms with Crippen LogP contribution in [0.5, 0.6) is 0 Å². The van der Waals surface area contributed by atoms with E-state index in [1.807, 2.05) is 6.08 Å². The molecule has 0 aromatic heterocycles. The predicted octanol–water partition coefficient (Wildman–Crippen LogP) is 5.80. The van der Waals surface area contributed by atoms with Crippen molar-refractivity contribution in [2.24, 2.45) is 23.7 Å². The number of ether oxygens (including phenoxy) is 7. The minimum absolute atomic E-state index is 0.0248. The Morgan fingerprint density at radius 3 is 2.37 bits per heavy atom. The highest BCUT2D eigenvalue weighted by molar-refractivity contribution is 5.14. The molecule has 9 nitrogen and oxygen atoms in total. The van der Waals surface area contributed by atoms with Crippen LogP contribution < -0.4 is 0 Å². The Morgan fingerprint density at radius 1 is 0.857 bits per heavy atom. The average molecular weight is 687 g/mol. The van der Waals surface area contributed by atoms with Gasteiger partial charge in [-0.3, -0.25) is 0 Å². The highest BCUT2D eigenvalue weighted by Gasteiger charge is 2.67. The monoisotopic (exact) mass is 686 g/mol. The van der Waals surface area contributed by atoms with E-state index in [2.05, 4.69) is 47.4 Å². The molecule has 6 bridgehead atoms. The quantitative estimate of drug-likeness (QED) is 0.219. The zero-order chi connectivity index (χ0) is 34.6. The highest BCUT2D eigenvalue weighted by atomic mass is 16.8. The molecular formula is C40H62O9. The molecule has 276 valence electrons. The van der Waals surface area contributed by atoms with Gasteiger partial charge in [0, 0.05) is 31.6 Å². The molecule has 0 saturated carbocycles. The van der Waals surface area contributed by atoms with E-state index in [1.165, 1.54) is 5.57 Å². The van der Waals surface area contributed by atoms with Gasteiger partial charge in [0.05, 0.1) is 67.6 Å². The van der Waals surface area contributed by atoms with Crippen molar-refractivity contribution >= 4 is 0 Å². The lowest BCUT2D eigenvalue weighted by Gasteiger charge is -2.42. The Labute approximate surface area is 293 Å². The third-order valence-electron chi connectivity index (χ3n) is 13.4. The lowest BCUT2D eigenvalue weighted by molar-refractivity contribution is -0.262. The van der Waals surface area contributed by atoms with E-state index in [9.17, 15) is 10.2 Å². The van der Waals surface area contributed by atoms with Crippen LogP contribution in [-0.2, 0) is 33.2 Å². The summed E-state index contributed by atoms with van der Waals surface area (Å²) in [7, 11) is 0. The van der Waals surface area contributed by atoms with Gasteiger partial charge >= 0.3 is 0 Å². The van der Waals surface area contributed by atoms with Gasteiger partial charge < -0.3 is 43.4 Å². The molecule has 8 aliphatic rings. The molecule has 2 N–H and O–H groups in total. The fourth-order valence-electron chi connectivity index (χ4n) is 10.4. The largest absolute Gasteiger partial charge is 0.394 e.